The van der Waals surface area contributed by atoms with Crippen LogP contribution in [0.3, 0.4) is 0 Å². The molecule has 0 radical (unpaired) electrons. The topological polar surface area (TPSA) is 49.8 Å². The molecular formula is C5H11NO3. The average molecular weight is 133 g/mol. The van der Waals surface area contributed by atoms with Gasteiger partial charge in [-0.2, -0.15) is 0 Å². The smallest absolute Gasteiger partial charge is 0.448 e. The summed E-state index contributed by atoms with van der Waals surface area (Å²) in [7, 11) is 0. The molecule has 0 bridgehead atoms. The highest BCUT2D eigenvalue weighted by atomic mass is 16.8. The minimum atomic E-state index is -1.25. The van der Waals surface area contributed by atoms with Gasteiger partial charge in [0, 0.05) is 13.1 Å². The van der Waals surface area contributed by atoms with Crippen molar-refractivity contribution in [2.75, 3.05) is 13.1 Å². The summed E-state index contributed by atoms with van der Waals surface area (Å²) in [4.78, 5) is 14.2. The van der Waals surface area contributed by atoms with Gasteiger partial charge in [0.05, 0.1) is 0 Å². The van der Waals surface area contributed by atoms with Gasteiger partial charge in [0.25, 0.3) is 0 Å². The summed E-state index contributed by atoms with van der Waals surface area (Å²) in [6, 6.07) is 0. The lowest BCUT2D eigenvalue weighted by Gasteiger charge is -2.13. The summed E-state index contributed by atoms with van der Waals surface area (Å²) >= 11 is 0. The van der Waals surface area contributed by atoms with E-state index in [1.165, 1.54) is 5.06 Å². The molecular weight excluding hydrogens is 122 g/mol. The fourth-order valence-electron chi connectivity index (χ4n) is 0.463. The van der Waals surface area contributed by atoms with E-state index < -0.39 is 6.16 Å². The van der Waals surface area contributed by atoms with E-state index in [0.29, 0.717) is 13.1 Å². The first-order chi connectivity index (χ1) is 4.20. The van der Waals surface area contributed by atoms with E-state index in [9.17, 15) is 4.79 Å². The fourth-order valence-corrected chi connectivity index (χ4v) is 0.463. The Balaban J connectivity index is 3.43. The quantitative estimate of drug-likeness (QED) is 0.582. The predicted octanol–water partition coefficient (Wildman–Crippen LogP) is 0.938. The van der Waals surface area contributed by atoms with Gasteiger partial charge in [-0.15, -0.1) is 5.06 Å². The van der Waals surface area contributed by atoms with Crippen molar-refractivity contribution in [2.24, 2.45) is 0 Å². The van der Waals surface area contributed by atoms with Crippen molar-refractivity contribution in [1.82, 2.24) is 5.06 Å². The molecule has 0 spiro atoms. The summed E-state index contributed by atoms with van der Waals surface area (Å²) in [5.74, 6) is 0. The Morgan fingerprint density at radius 1 is 1.56 bits per heavy atom. The van der Waals surface area contributed by atoms with Crippen molar-refractivity contribution in [3.05, 3.63) is 0 Å². The Morgan fingerprint density at radius 3 is 2.11 bits per heavy atom. The first-order valence-corrected chi connectivity index (χ1v) is 2.86. The van der Waals surface area contributed by atoms with E-state index in [4.69, 9.17) is 5.11 Å². The molecule has 0 fully saturated rings. The molecule has 0 aromatic heterocycles. The molecule has 1 N–H and O–H groups in total. The maximum atomic E-state index is 9.86. The number of hydroxylamine groups is 2. The predicted molar refractivity (Wildman–Crippen MR) is 32.0 cm³/mol. The Morgan fingerprint density at radius 2 is 2.00 bits per heavy atom. The van der Waals surface area contributed by atoms with Crippen LogP contribution in [0.2, 0.25) is 0 Å². The van der Waals surface area contributed by atoms with Crippen molar-refractivity contribution in [3.8, 4) is 0 Å². The highest BCUT2D eigenvalue weighted by molar-refractivity contribution is 5.56. The summed E-state index contributed by atoms with van der Waals surface area (Å²) in [5, 5.41) is 9.43. The molecule has 0 aliphatic rings. The van der Waals surface area contributed by atoms with E-state index >= 15 is 0 Å². The monoisotopic (exact) mass is 133 g/mol. The van der Waals surface area contributed by atoms with Crippen LogP contribution in [0.15, 0.2) is 0 Å². The van der Waals surface area contributed by atoms with Crippen LogP contribution in [-0.2, 0) is 4.84 Å². The third-order valence-corrected chi connectivity index (χ3v) is 0.913. The van der Waals surface area contributed by atoms with Crippen LogP contribution in [0, 0.1) is 0 Å². The van der Waals surface area contributed by atoms with E-state index in [1.807, 2.05) is 13.8 Å². The number of hydrogen-bond acceptors (Lipinski definition) is 3. The maximum Gasteiger partial charge on any atom is 0.525 e. The largest absolute Gasteiger partial charge is 0.525 e. The molecule has 0 heterocycles. The SMILES string of the molecule is CCN(CC)OC(=O)O. The summed E-state index contributed by atoms with van der Waals surface area (Å²) < 4.78 is 0. The Hall–Kier alpha value is -0.770. The Kier molecular flexibility index (Phi) is 3.79. The van der Waals surface area contributed by atoms with Gasteiger partial charge >= 0.3 is 6.16 Å². The molecule has 0 aromatic rings. The minimum Gasteiger partial charge on any atom is -0.448 e. The van der Waals surface area contributed by atoms with Crippen molar-refractivity contribution in [2.45, 2.75) is 13.8 Å². The Labute approximate surface area is 54.0 Å². The van der Waals surface area contributed by atoms with Crippen LogP contribution in [0.1, 0.15) is 13.8 Å². The molecule has 9 heavy (non-hydrogen) atoms. The molecule has 0 aromatic carbocycles. The van der Waals surface area contributed by atoms with Crippen LogP contribution in [-0.4, -0.2) is 29.4 Å². The average Bonchev–Trinajstić information content (AvgIpc) is 1.82. The summed E-state index contributed by atoms with van der Waals surface area (Å²) in [6.07, 6.45) is -1.25. The number of carbonyl (C=O) groups is 1. The van der Waals surface area contributed by atoms with Gasteiger partial charge in [-0.25, -0.2) is 4.79 Å². The van der Waals surface area contributed by atoms with Crippen molar-refractivity contribution in [1.29, 1.82) is 0 Å². The highest BCUT2D eigenvalue weighted by Crippen LogP contribution is 1.87. The third kappa shape index (κ3) is 3.78. The molecule has 4 heteroatoms. The van der Waals surface area contributed by atoms with E-state index in [1.54, 1.807) is 0 Å². The lowest BCUT2D eigenvalue weighted by Crippen LogP contribution is -2.25. The summed E-state index contributed by atoms with van der Waals surface area (Å²) in [5.41, 5.74) is 0. The first-order valence-electron chi connectivity index (χ1n) is 2.86. The molecule has 0 rings (SSSR count). The van der Waals surface area contributed by atoms with E-state index in [2.05, 4.69) is 4.84 Å². The molecule has 54 valence electrons. The second kappa shape index (κ2) is 4.14. The normalized spacial score (nSPS) is 9.67. The van der Waals surface area contributed by atoms with Gasteiger partial charge in [0.1, 0.15) is 0 Å². The zero-order chi connectivity index (χ0) is 7.28. The Bertz CT molecular complexity index is 90.2. The molecule has 4 nitrogen and oxygen atoms in total. The van der Waals surface area contributed by atoms with Crippen LogP contribution in [0.25, 0.3) is 0 Å². The molecule has 0 aliphatic carbocycles. The number of nitrogens with zero attached hydrogens (tertiary/aromatic N) is 1. The highest BCUT2D eigenvalue weighted by Gasteiger charge is 2.03. The molecule has 0 saturated heterocycles. The second-order valence-electron chi connectivity index (χ2n) is 1.47. The zero-order valence-electron chi connectivity index (χ0n) is 5.63. The molecule has 0 amide bonds. The lowest BCUT2D eigenvalue weighted by molar-refractivity contribution is -0.112. The number of carboxylic acid groups (broad SMARTS) is 1. The van der Waals surface area contributed by atoms with Crippen LogP contribution < -0.4 is 0 Å². The molecule has 0 unspecified atom stereocenters. The first kappa shape index (κ1) is 8.23. The number of hydrogen-bond donors (Lipinski definition) is 1. The van der Waals surface area contributed by atoms with Crippen molar-refractivity contribution < 1.29 is 14.7 Å². The summed E-state index contributed by atoms with van der Waals surface area (Å²) in [6.45, 7) is 4.82. The van der Waals surface area contributed by atoms with Gasteiger partial charge < -0.3 is 9.94 Å². The van der Waals surface area contributed by atoms with Crippen LogP contribution >= 0.6 is 0 Å². The molecule has 0 atom stereocenters. The minimum absolute atomic E-state index is 0.586. The number of rotatable bonds is 3. The van der Waals surface area contributed by atoms with Gasteiger partial charge in [-0.1, -0.05) is 0 Å². The second-order valence-corrected chi connectivity index (χ2v) is 1.47. The van der Waals surface area contributed by atoms with Crippen LogP contribution in [0.4, 0.5) is 4.79 Å². The fraction of sp³-hybridized carbons (Fsp3) is 0.800. The van der Waals surface area contributed by atoms with E-state index in [-0.39, 0.29) is 0 Å². The molecule has 0 aliphatic heterocycles. The maximum absolute atomic E-state index is 9.86. The van der Waals surface area contributed by atoms with Gasteiger partial charge in [0.15, 0.2) is 0 Å². The van der Waals surface area contributed by atoms with Gasteiger partial charge in [0.2, 0.25) is 0 Å². The van der Waals surface area contributed by atoms with Gasteiger partial charge in [-0.3, -0.25) is 0 Å². The van der Waals surface area contributed by atoms with Gasteiger partial charge in [-0.05, 0) is 13.8 Å². The van der Waals surface area contributed by atoms with E-state index in [0.717, 1.165) is 0 Å². The lowest BCUT2D eigenvalue weighted by atomic mass is 10.6. The standard InChI is InChI=1S/C5H11NO3/c1-3-6(4-2)9-5(7)8/h3-4H2,1-2H3,(H,7,8). The van der Waals surface area contributed by atoms with Crippen molar-refractivity contribution >= 4 is 6.16 Å². The molecule has 0 saturated carbocycles. The van der Waals surface area contributed by atoms with Crippen molar-refractivity contribution in [3.63, 3.8) is 0 Å². The zero-order valence-corrected chi connectivity index (χ0v) is 5.63. The van der Waals surface area contributed by atoms with Crippen LogP contribution in [0.5, 0.6) is 0 Å². The third-order valence-electron chi connectivity index (χ3n) is 0.913.